The summed E-state index contributed by atoms with van der Waals surface area (Å²) in [7, 11) is 1.54. The monoisotopic (exact) mass is 318 g/mol. The fourth-order valence-corrected chi connectivity index (χ4v) is 3.73. The van der Waals surface area contributed by atoms with Crippen LogP contribution in [0, 0.1) is 11.8 Å². The second-order valence-electron chi connectivity index (χ2n) is 6.48. The van der Waals surface area contributed by atoms with E-state index in [0.717, 1.165) is 0 Å². The highest BCUT2D eigenvalue weighted by atomic mass is 16.5. The minimum atomic E-state index is -1.46. The standard InChI is InChI=1S/C18H22O5/c1-10(19)15-14(21)9-18(3,22)17(11(2)20)16(15)12-5-7-13(23-4)8-6-12/h5-8,15-17,22H,9H2,1-4H3/t15?,16-,17+,18-/m1/s1. The summed E-state index contributed by atoms with van der Waals surface area (Å²) in [6.45, 7) is 4.24. The molecular weight excluding hydrogens is 296 g/mol. The summed E-state index contributed by atoms with van der Waals surface area (Å²) in [4.78, 5) is 36.7. The lowest BCUT2D eigenvalue weighted by atomic mass is 9.60. The Kier molecular flexibility index (Phi) is 4.71. The molecule has 1 aromatic carbocycles. The molecule has 0 bridgehead atoms. The van der Waals surface area contributed by atoms with Crippen LogP contribution in [-0.4, -0.2) is 35.2 Å². The van der Waals surface area contributed by atoms with E-state index in [1.54, 1.807) is 31.4 Å². The van der Waals surface area contributed by atoms with Crippen molar-refractivity contribution < 1.29 is 24.2 Å². The molecule has 0 heterocycles. The van der Waals surface area contributed by atoms with Crippen LogP contribution in [0.5, 0.6) is 5.75 Å². The minimum absolute atomic E-state index is 0.186. The maximum atomic E-state index is 12.4. The van der Waals surface area contributed by atoms with Crippen molar-refractivity contribution in [1.82, 2.24) is 0 Å². The highest BCUT2D eigenvalue weighted by molar-refractivity contribution is 6.05. The predicted octanol–water partition coefficient (Wildman–Crippen LogP) is 1.91. The number of hydrogen-bond acceptors (Lipinski definition) is 5. The zero-order chi connectivity index (χ0) is 17.4. The lowest BCUT2D eigenvalue weighted by molar-refractivity contribution is -0.151. The molecule has 1 N–H and O–H groups in total. The first kappa shape index (κ1) is 17.3. The maximum absolute atomic E-state index is 12.4. The Morgan fingerprint density at radius 3 is 2.17 bits per heavy atom. The van der Waals surface area contributed by atoms with Gasteiger partial charge in [0.2, 0.25) is 0 Å². The second-order valence-corrected chi connectivity index (χ2v) is 6.48. The average Bonchev–Trinajstić information content (AvgIpc) is 2.44. The van der Waals surface area contributed by atoms with Crippen LogP contribution in [0.1, 0.15) is 38.7 Å². The van der Waals surface area contributed by atoms with Gasteiger partial charge in [-0.2, -0.15) is 0 Å². The smallest absolute Gasteiger partial charge is 0.146 e. The fourth-order valence-electron chi connectivity index (χ4n) is 3.73. The van der Waals surface area contributed by atoms with Crippen LogP contribution >= 0.6 is 0 Å². The van der Waals surface area contributed by atoms with Crippen molar-refractivity contribution in [3.8, 4) is 5.75 Å². The van der Waals surface area contributed by atoms with E-state index in [-0.39, 0.29) is 23.8 Å². The maximum Gasteiger partial charge on any atom is 0.146 e. The summed E-state index contributed by atoms with van der Waals surface area (Å²) in [6, 6.07) is 6.92. The molecule has 0 aliphatic heterocycles. The van der Waals surface area contributed by atoms with Gasteiger partial charge in [-0.25, -0.2) is 0 Å². The molecule has 0 spiro atoms. The largest absolute Gasteiger partial charge is 0.497 e. The van der Waals surface area contributed by atoms with Crippen LogP contribution in [0.3, 0.4) is 0 Å². The Hall–Kier alpha value is -2.01. The van der Waals surface area contributed by atoms with Gasteiger partial charge in [0.05, 0.1) is 24.5 Å². The predicted molar refractivity (Wildman–Crippen MR) is 84.3 cm³/mol. The summed E-state index contributed by atoms with van der Waals surface area (Å²) in [5, 5.41) is 10.6. The van der Waals surface area contributed by atoms with E-state index in [1.165, 1.54) is 20.8 Å². The molecule has 1 aliphatic carbocycles. The van der Waals surface area contributed by atoms with Gasteiger partial charge in [0, 0.05) is 12.3 Å². The highest BCUT2D eigenvalue weighted by Crippen LogP contribution is 2.46. The zero-order valence-corrected chi connectivity index (χ0v) is 13.8. The summed E-state index contributed by atoms with van der Waals surface area (Å²) >= 11 is 0. The van der Waals surface area contributed by atoms with E-state index >= 15 is 0 Å². The molecule has 1 fully saturated rings. The molecule has 1 saturated carbocycles. The van der Waals surface area contributed by atoms with Gasteiger partial charge in [-0.1, -0.05) is 12.1 Å². The topological polar surface area (TPSA) is 80.7 Å². The van der Waals surface area contributed by atoms with Crippen LogP contribution in [0.2, 0.25) is 0 Å². The molecule has 5 heteroatoms. The number of Topliss-reactive ketones (excluding diaryl/α,β-unsaturated/α-hetero) is 3. The zero-order valence-electron chi connectivity index (χ0n) is 13.8. The number of hydrogen-bond donors (Lipinski definition) is 1. The van der Waals surface area contributed by atoms with Gasteiger partial charge in [0.15, 0.2) is 0 Å². The number of benzene rings is 1. The van der Waals surface area contributed by atoms with Gasteiger partial charge < -0.3 is 9.84 Å². The van der Waals surface area contributed by atoms with Crippen molar-refractivity contribution in [2.45, 2.75) is 38.7 Å². The van der Waals surface area contributed by atoms with E-state index < -0.39 is 23.4 Å². The van der Waals surface area contributed by atoms with Crippen LogP contribution in [0.4, 0.5) is 0 Å². The number of carbonyl (C=O) groups is 3. The van der Waals surface area contributed by atoms with E-state index in [9.17, 15) is 19.5 Å². The van der Waals surface area contributed by atoms with Gasteiger partial charge in [-0.3, -0.25) is 14.4 Å². The number of rotatable bonds is 4. The number of methoxy groups -OCH3 is 1. The molecule has 124 valence electrons. The minimum Gasteiger partial charge on any atom is -0.497 e. The van der Waals surface area contributed by atoms with Gasteiger partial charge >= 0.3 is 0 Å². The molecule has 23 heavy (non-hydrogen) atoms. The van der Waals surface area contributed by atoms with E-state index in [1.807, 2.05) is 0 Å². The Morgan fingerprint density at radius 2 is 1.74 bits per heavy atom. The normalized spacial score (nSPS) is 30.8. The highest BCUT2D eigenvalue weighted by Gasteiger charge is 2.53. The van der Waals surface area contributed by atoms with Crippen molar-refractivity contribution in [3.63, 3.8) is 0 Å². The fraction of sp³-hybridized carbons (Fsp3) is 0.500. The van der Waals surface area contributed by atoms with E-state index in [4.69, 9.17) is 4.74 Å². The molecule has 0 amide bonds. The lowest BCUT2D eigenvalue weighted by Crippen LogP contribution is -2.53. The number of ketones is 3. The van der Waals surface area contributed by atoms with Crippen LogP contribution in [0.25, 0.3) is 0 Å². The molecule has 4 atom stereocenters. The molecule has 0 radical (unpaired) electrons. The molecule has 1 aliphatic rings. The van der Waals surface area contributed by atoms with Gasteiger partial charge in [0.1, 0.15) is 23.1 Å². The Labute approximate surface area is 135 Å². The van der Waals surface area contributed by atoms with Crippen molar-refractivity contribution >= 4 is 17.3 Å². The van der Waals surface area contributed by atoms with Gasteiger partial charge in [0.25, 0.3) is 0 Å². The molecule has 5 nitrogen and oxygen atoms in total. The Bertz CT molecular complexity index is 629. The van der Waals surface area contributed by atoms with Gasteiger partial charge in [-0.05, 0) is 38.5 Å². The molecule has 2 rings (SSSR count). The van der Waals surface area contributed by atoms with Crippen LogP contribution in [0.15, 0.2) is 24.3 Å². The van der Waals surface area contributed by atoms with Crippen molar-refractivity contribution in [2.24, 2.45) is 11.8 Å². The quantitative estimate of drug-likeness (QED) is 0.858. The number of aliphatic hydroxyl groups is 1. The molecular formula is C18H22O5. The van der Waals surface area contributed by atoms with Crippen LogP contribution in [-0.2, 0) is 14.4 Å². The van der Waals surface area contributed by atoms with Crippen LogP contribution < -0.4 is 4.74 Å². The Morgan fingerprint density at radius 1 is 1.17 bits per heavy atom. The van der Waals surface area contributed by atoms with Crippen molar-refractivity contribution in [2.75, 3.05) is 7.11 Å². The molecule has 0 aromatic heterocycles. The first-order valence-corrected chi connectivity index (χ1v) is 7.59. The first-order valence-electron chi connectivity index (χ1n) is 7.59. The number of ether oxygens (including phenoxy) is 1. The van der Waals surface area contributed by atoms with E-state index in [0.29, 0.717) is 11.3 Å². The second kappa shape index (κ2) is 6.24. The SMILES string of the molecule is COc1ccc([C@@H]2C(C(C)=O)C(=O)C[C@@](C)(O)[C@H]2C(C)=O)cc1. The Balaban J connectivity index is 2.58. The molecule has 1 aromatic rings. The third-order valence-corrected chi connectivity index (χ3v) is 4.64. The van der Waals surface area contributed by atoms with Gasteiger partial charge in [-0.15, -0.1) is 0 Å². The third-order valence-electron chi connectivity index (χ3n) is 4.64. The summed E-state index contributed by atoms with van der Waals surface area (Å²) in [5.41, 5.74) is -0.779. The first-order chi connectivity index (χ1) is 10.7. The lowest BCUT2D eigenvalue weighted by Gasteiger charge is -2.44. The average molecular weight is 318 g/mol. The molecule has 0 saturated heterocycles. The third kappa shape index (κ3) is 3.20. The summed E-state index contributed by atoms with van der Waals surface area (Å²) < 4.78 is 5.12. The number of carbonyl (C=O) groups excluding carboxylic acids is 3. The van der Waals surface area contributed by atoms with Crippen molar-refractivity contribution in [1.29, 1.82) is 0 Å². The summed E-state index contributed by atoms with van der Waals surface area (Å²) in [5.74, 6) is -2.55. The molecule has 1 unspecified atom stereocenters. The van der Waals surface area contributed by atoms with E-state index in [2.05, 4.69) is 0 Å². The van der Waals surface area contributed by atoms with Crippen molar-refractivity contribution in [3.05, 3.63) is 29.8 Å². The summed E-state index contributed by atoms with van der Waals surface area (Å²) in [6.07, 6.45) is -0.186.